The van der Waals surface area contributed by atoms with Gasteiger partial charge in [0.25, 0.3) is 0 Å². The largest absolute Gasteiger partial charge is 0.329 e. The molecule has 1 atom stereocenters. The van der Waals surface area contributed by atoms with Gasteiger partial charge in [-0.05, 0) is 12.6 Å². The number of likely N-dealkylation sites (N-methyl/N-ethyl adjacent to an activating group) is 1. The number of hydrogen-bond acceptors (Lipinski definition) is 2. The SMILES string of the molecule is CCNC(CN)c1ccccc1F. The maximum absolute atomic E-state index is 13.3. The van der Waals surface area contributed by atoms with Crippen molar-refractivity contribution >= 4 is 0 Å². The van der Waals surface area contributed by atoms with Crippen molar-refractivity contribution in [3.8, 4) is 0 Å². The Morgan fingerprint density at radius 2 is 2.15 bits per heavy atom. The highest BCUT2D eigenvalue weighted by molar-refractivity contribution is 5.21. The number of nitrogens with two attached hydrogens (primary N) is 1. The molecule has 3 heteroatoms. The molecule has 0 aliphatic rings. The van der Waals surface area contributed by atoms with E-state index in [4.69, 9.17) is 5.73 Å². The van der Waals surface area contributed by atoms with Gasteiger partial charge in [-0.25, -0.2) is 4.39 Å². The number of benzene rings is 1. The zero-order chi connectivity index (χ0) is 9.68. The normalized spacial score (nSPS) is 12.8. The van der Waals surface area contributed by atoms with Crippen LogP contribution in [0, 0.1) is 5.82 Å². The van der Waals surface area contributed by atoms with E-state index in [-0.39, 0.29) is 11.9 Å². The van der Waals surface area contributed by atoms with Crippen LogP contribution < -0.4 is 11.1 Å². The second-order valence-corrected chi connectivity index (χ2v) is 2.87. The van der Waals surface area contributed by atoms with Gasteiger partial charge in [0.1, 0.15) is 5.82 Å². The number of halogens is 1. The zero-order valence-corrected chi connectivity index (χ0v) is 7.76. The van der Waals surface area contributed by atoms with E-state index in [1.54, 1.807) is 12.1 Å². The van der Waals surface area contributed by atoms with Crippen LogP contribution in [0.3, 0.4) is 0 Å². The monoisotopic (exact) mass is 182 g/mol. The summed E-state index contributed by atoms with van der Waals surface area (Å²) in [6.45, 7) is 3.18. The van der Waals surface area contributed by atoms with Gasteiger partial charge in [-0.15, -0.1) is 0 Å². The predicted octanol–water partition coefficient (Wildman–Crippen LogP) is 1.43. The Bertz CT molecular complexity index is 263. The van der Waals surface area contributed by atoms with E-state index in [1.807, 2.05) is 13.0 Å². The second kappa shape index (κ2) is 4.94. The minimum absolute atomic E-state index is 0.0776. The van der Waals surface area contributed by atoms with Crippen molar-refractivity contribution in [3.63, 3.8) is 0 Å². The molecule has 0 fully saturated rings. The molecule has 0 aromatic heterocycles. The van der Waals surface area contributed by atoms with Crippen molar-refractivity contribution in [1.82, 2.24) is 5.32 Å². The minimum atomic E-state index is -0.195. The van der Waals surface area contributed by atoms with Gasteiger partial charge in [0, 0.05) is 18.2 Å². The van der Waals surface area contributed by atoms with Gasteiger partial charge in [0.05, 0.1) is 0 Å². The molecule has 0 amide bonds. The molecule has 1 aromatic carbocycles. The second-order valence-electron chi connectivity index (χ2n) is 2.87. The van der Waals surface area contributed by atoms with E-state index in [2.05, 4.69) is 5.32 Å². The summed E-state index contributed by atoms with van der Waals surface area (Å²) in [5, 5.41) is 3.12. The maximum atomic E-state index is 13.3. The summed E-state index contributed by atoms with van der Waals surface area (Å²) in [6.07, 6.45) is 0. The zero-order valence-electron chi connectivity index (χ0n) is 7.76. The molecule has 72 valence electrons. The maximum Gasteiger partial charge on any atom is 0.128 e. The molecule has 1 aromatic rings. The first-order chi connectivity index (χ1) is 6.29. The first-order valence-electron chi connectivity index (χ1n) is 4.47. The summed E-state index contributed by atoms with van der Waals surface area (Å²) < 4.78 is 13.3. The molecule has 0 saturated carbocycles. The lowest BCUT2D eigenvalue weighted by molar-refractivity contribution is 0.519. The lowest BCUT2D eigenvalue weighted by Crippen LogP contribution is -2.28. The summed E-state index contributed by atoms with van der Waals surface area (Å²) in [7, 11) is 0. The van der Waals surface area contributed by atoms with E-state index in [0.717, 1.165) is 6.54 Å². The quantitative estimate of drug-likeness (QED) is 0.739. The highest BCUT2D eigenvalue weighted by atomic mass is 19.1. The standard InChI is InChI=1S/C10H15FN2/c1-2-13-10(7-12)8-5-3-4-6-9(8)11/h3-6,10,13H,2,7,12H2,1H3. The molecule has 1 rings (SSSR count). The Balaban J connectivity index is 2.84. The summed E-state index contributed by atoms with van der Waals surface area (Å²) in [5.74, 6) is -0.195. The van der Waals surface area contributed by atoms with Gasteiger partial charge in [-0.2, -0.15) is 0 Å². The fourth-order valence-corrected chi connectivity index (χ4v) is 1.32. The van der Waals surface area contributed by atoms with Gasteiger partial charge in [0.2, 0.25) is 0 Å². The molecule has 0 heterocycles. The number of nitrogens with one attached hydrogen (secondary N) is 1. The third kappa shape index (κ3) is 2.50. The average molecular weight is 182 g/mol. The minimum Gasteiger partial charge on any atom is -0.329 e. The Labute approximate surface area is 77.9 Å². The molecule has 3 N–H and O–H groups in total. The van der Waals surface area contributed by atoms with E-state index in [0.29, 0.717) is 12.1 Å². The van der Waals surface area contributed by atoms with Crippen LogP contribution in [0.5, 0.6) is 0 Å². The van der Waals surface area contributed by atoms with Crippen LogP contribution in [0.15, 0.2) is 24.3 Å². The summed E-state index contributed by atoms with van der Waals surface area (Å²) in [6, 6.07) is 6.63. The topological polar surface area (TPSA) is 38.0 Å². The highest BCUT2D eigenvalue weighted by Crippen LogP contribution is 2.15. The van der Waals surface area contributed by atoms with Gasteiger partial charge in [-0.3, -0.25) is 0 Å². The Morgan fingerprint density at radius 1 is 1.46 bits per heavy atom. The smallest absolute Gasteiger partial charge is 0.128 e. The first kappa shape index (κ1) is 10.2. The van der Waals surface area contributed by atoms with Crippen molar-refractivity contribution < 1.29 is 4.39 Å². The third-order valence-electron chi connectivity index (χ3n) is 1.97. The molecule has 0 bridgehead atoms. The molecular formula is C10H15FN2. The van der Waals surface area contributed by atoms with Gasteiger partial charge >= 0.3 is 0 Å². The van der Waals surface area contributed by atoms with Crippen molar-refractivity contribution in [2.24, 2.45) is 5.73 Å². The van der Waals surface area contributed by atoms with Crippen LogP contribution in [0.25, 0.3) is 0 Å². The van der Waals surface area contributed by atoms with E-state index in [1.165, 1.54) is 6.07 Å². The summed E-state index contributed by atoms with van der Waals surface area (Å²) in [4.78, 5) is 0. The molecule has 1 unspecified atom stereocenters. The fourth-order valence-electron chi connectivity index (χ4n) is 1.32. The van der Waals surface area contributed by atoms with Crippen molar-refractivity contribution in [1.29, 1.82) is 0 Å². The van der Waals surface area contributed by atoms with Crippen LogP contribution in [0.2, 0.25) is 0 Å². The van der Waals surface area contributed by atoms with Crippen LogP contribution in [-0.2, 0) is 0 Å². The fraction of sp³-hybridized carbons (Fsp3) is 0.400. The highest BCUT2D eigenvalue weighted by Gasteiger charge is 2.11. The molecule has 2 nitrogen and oxygen atoms in total. The molecular weight excluding hydrogens is 167 g/mol. The van der Waals surface area contributed by atoms with E-state index < -0.39 is 0 Å². The Morgan fingerprint density at radius 3 is 2.69 bits per heavy atom. The van der Waals surface area contributed by atoms with Crippen molar-refractivity contribution in [2.75, 3.05) is 13.1 Å². The Kier molecular flexibility index (Phi) is 3.86. The lowest BCUT2D eigenvalue weighted by Gasteiger charge is -2.16. The number of hydrogen-bond donors (Lipinski definition) is 2. The summed E-state index contributed by atoms with van der Waals surface area (Å²) >= 11 is 0. The van der Waals surface area contributed by atoms with Crippen molar-refractivity contribution in [3.05, 3.63) is 35.6 Å². The van der Waals surface area contributed by atoms with Crippen LogP contribution in [-0.4, -0.2) is 13.1 Å². The molecule has 0 spiro atoms. The molecule has 0 radical (unpaired) electrons. The van der Waals surface area contributed by atoms with Gasteiger partial charge in [0.15, 0.2) is 0 Å². The van der Waals surface area contributed by atoms with E-state index >= 15 is 0 Å². The Hall–Kier alpha value is -0.930. The molecule has 0 aliphatic carbocycles. The average Bonchev–Trinajstić information content (AvgIpc) is 2.16. The first-order valence-corrected chi connectivity index (χ1v) is 4.47. The van der Waals surface area contributed by atoms with Crippen LogP contribution in [0.1, 0.15) is 18.5 Å². The van der Waals surface area contributed by atoms with Crippen molar-refractivity contribution in [2.45, 2.75) is 13.0 Å². The van der Waals surface area contributed by atoms with Crippen LogP contribution >= 0.6 is 0 Å². The molecule has 0 aliphatic heterocycles. The van der Waals surface area contributed by atoms with Crippen LogP contribution in [0.4, 0.5) is 4.39 Å². The molecule has 13 heavy (non-hydrogen) atoms. The lowest BCUT2D eigenvalue weighted by atomic mass is 10.1. The van der Waals surface area contributed by atoms with Gasteiger partial charge in [-0.1, -0.05) is 25.1 Å². The third-order valence-corrected chi connectivity index (χ3v) is 1.97. The summed E-state index contributed by atoms with van der Waals surface area (Å²) in [5.41, 5.74) is 6.18. The molecule has 0 saturated heterocycles. The predicted molar refractivity (Wildman–Crippen MR) is 51.9 cm³/mol. The van der Waals surface area contributed by atoms with E-state index in [9.17, 15) is 4.39 Å². The van der Waals surface area contributed by atoms with Gasteiger partial charge < -0.3 is 11.1 Å². The number of rotatable bonds is 4.